The zero-order valence-electron chi connectivity index (χ0n) is 20.0. The van der Waals surface area contributed by atoms with Crippen molar-refractivity contribution < 1.29 is 17.9 Å². The molecular formula is C24H30N4O4S2. The number of hydrogen-bond donors (Lipinski definition) is 2. The number of benzene rings is 1. The van der Waals surface area contributed by atoms with Crippen molar-refractivity contribution in [1.82, 2.24) is 15.3 Å². The van der Waals surface area contributed by atoms with E-state index in [2.05, 4.69) is 34.4 Å². The van der Waals surface area contributed by atoms with Crippen LogP contribution in [0.2, 0.25) is 0 Å². The first-order valence-corrected chi connectivity index (χ1v) is 13.8. The number of hydrogen-bond acceptors (Lipinski definition) is 8. The maximum absolute atomic E-state index is 12.2. The van der Waals surface area contributed by atoms with Crippen LogP contribution in [0.1, 0.15) is 44.6 Å². The van der Waals surface area contributed by atoms with Crippen LogP contribution in [0, 0.1) is 5.92 Å². The molecule has 0 saturated heterocycles. The van der Waals surface area contributed by atoms with Crippen LogP contribution >= 0.6 is 11.3 Å². The minimum Gasteiger partial charge on any atom is -0.489 e. The van der Waals surface area contributed by atoms with Crippen molar-refractivity contribution in [2.24, 2.45) is 5.92 Å². The summed E-state index contributed by atoms with van der Waals surface area (Å²) in [5.41, 5.74) is 2.34. The third-order valence-electron chi connectivity index (χ3n) is 4.79. The Morgan fingerprint density at radius 2 is 1.91 bits per heavy atom. The van der Waals surface area contributed by atoms with Gasteiger partial charge in [-0.25, -0.2) is 13.4 Å². The Balaban J connectivity index is 1.76. The van der Waals surface area contributed by atoms with Gasteiger partial charge in [0.15, 0.2) is 15.0 Å². The van der Waals surface area contributed by atoms with Gasteiger partial charge in [0.25, 0.3) is 5.91 Å². The van der Waals surface area contributed by atoms with E-state index >= 15 is 0 Å². The van der Waals surface area contributed by atoms with Crippen molar-refractivity contribution in [2.45, 2.75) is 45.1 Å². The molecule has 3 rings (SSSR count). The van der Waals surface area contributed by atoms with Crippen LogP contribution in [-0.2, 0) is 9.84 Å². The summed E-state index contributed by atoms with van der Waals surface area (Å²) in [5.74, 6) is 0.856. The van der Waals surface area contributed by atoms with Crippen LogP contribution < -0.4 is 15.4 Å². The standard InChI is InChI=1S/C24H30N4O4S2/c1-15(2)10-11-25-23(29)19-8-6-17(13-26-19)21-14-33-24(28-21)27-20-12-18(34(5,30)31)7-9-22(20)32-16(3)4/h6-9,12-16H,10-11H2,1-5H3,(H,25,29)(H,27,28). The molecule has 0 saturated carbocycles. The van der Waals surface area contributed by atoms with Gasteiger partial charge in [-0.1, -0.05) is 13.8 Å². The van der Waals surface area contributed by atoms with E-state index in [-0.39, 0.29) is 16.9 Å². The highest BCUT2D eigenvalue weighted by atomic mass is 32.2. The Kier molecular flexibility index (Phi) is 8.27. The predicted octanol–water partition coefficient (Wildman–Crippen LogP) is 4.92. The molecule has 0 bridgehead atoms. The molecule has 0 aliphatic rings. The van der Waals surface area contributed by atoms with Crippen LogP contribution in [0.25, 0.3) is 11.3 Å². The lowest BCUT2D eigenvalue weighted by atomic mass is 10.1. The first-order chi connectivity index (χ1) is 16.0. The molecule has 2 aromatic heterocycles. The number of ether oxygens (including phenoxy) is 1. The summed E-state index contributed by atoms with van der Waals surface area (Å²) in [6, 6.07) is 8.19. The largest absolute Gasteiger partial charge is 0.489 e. The fourth-order valence-corrected chi connectivity index (χ4v) is 4.40. The highest BCUT2D eigenvalue weighted by Gasteiger charge is 2.15. The Morgan fingerprint density at radius 3 is 2.53 bits per heavy atom. The lowest BCUT2D eigenvalue weighted by Crippen LogP contribution is -2.26. The van der Waals surface area contributed by atoms with E-state index in [4.69, 9.17) is 4.74 Å². The van der Waals surface area contributed by atoms with Crippen LogP contribution in [0.15, 0.2) is 46.8 Å². The predicted molar refractivity (Wildman–Crippen MR) is 136 cm³/mol. The van der Waals surface area contributed by atoms with E-state index < -0.39 is 9.84 Å². The molecule has 0 unspecified atom stereocenters. The van der Waals surface area contributed by atoms with E-state index in [9.17, 15) is 13.2 Å². The number of pyridine rings is 1. The van der Waals surface area contributed by atoms with Crippen molar-refractivity contribution in [3.63, 3.8) is 0 Å². The van der Waals surface area contributed by atoms with Gasteiger partial charge in [0.1, 0.15) is 11.4 Å². The highest BCUT2D eigenvalue weighted by molar-refractivity contribution is 7.90. The van der Waals surface area contributed by atoms with Crippen LogP contribution in [0.5, 0.6) is 5.75 Å². The topological polar surface area (TPSA) is 110 Å². The Labute approximate surface area is 204 Å². The van der Waals surface area contributed by atoms with E-state index in [0.717, 1.165) is 18.2 Å². The molecule has 0 atom stereocenters. The first kappa shape index (κ1) is 25.6. The normalized spacial score (nSPS) is 11.6. The molecular weight excluding hydrogens is 472 g/mol. The second kappa shape index (κ2) is 11.0. The van der Waals surface area contributed by atoms with Gasteiger partial charge in [-0.3, -0.25) is 9.78 Å². The summed E-state index contributed by atoms with van der Waals surface area (Å²) in [4.78, 5) is 21.3. The maximum atomic E-state index is 12.2. The number of carbonyl (C=O) groups excluding carboxylic acids is 1. The van der Waals surface area contributed by atoms with E-state index in [1.807, 2.05) is 19.2 Å². The molecule has 0 aliphatic heterocycles. The average Bonchev–Trinajstić information content (AvgIpc) is 3.22. The van der Waals surface area contributed by atoms with Crippen LogP contribution in [0.3, 0.4) is 0 Å². The van der Waals surface area contributed by atoms with Crippen molar-refractivity contribution in [1.29, 1.82) is 0 Å². The van der Waals surface area contributed by atoms with Gasteiger partial charge in [-0.2, -0.15) is 0 Å². The SMILES string of the molecule is CC(C)CCNC(=O)c1ccc(-c2csc(Nc3cc(S(C)(=O)=O)ccc3OC(C)C)n2)cn1. The van der Waals surface area contributed by atoms with Gasteiger partial charge in [0.05, 0.1) is 22.4 Å². The lowest BCUT2D eigenvalue weighted by molar-refractivity contribution is 0.0947. The lowest BCUT2D eigenvalue weighted by Gasteiger charge is -2.15. The third kappa shape index (κ3) is 7.01. The molecule has 0 aliphatic carbocycles. The molecule has 10 heteroatoms. The summed E-state index contributed by atoms with van der Waals surface area (Å²) < 4.78 is 29.8. The molecule has 2 heterocycles. The molecule has 2 N–H and O–H groups in total. The van der Waals surface area contributed by atoms with E-state index in [1.165, 1.54) is 17.4 Å². The second-order valence-electron chi connectivity index (χ2n) is 8.63. The van der Waals surface area contributed by atoms with Gasteiger partial charge in [0, 0.05) is 29.9 Å². The second-order valence-corrected chi connectivity index (χ2v) is 11.5. The number of nitrogens with zero attached hydrogens (tertiary/aromatic N) is 2. The number of rotatable bonds is 10. The molecule has 8 nitrogen and oxygen atoms in total. The summed E-state index contributed by atoms with van der Waals surface area (Å²) in [6.07, 6.45) is 3.62. The van der Waals surface area contributed by atoms with Crippen molar-refractivity contribution in [2.75, 3.05) is 18.1 Å². The van der Waals surface area contributed by atoms with Gasteiger partial charge in [-0.15, -0.1) is 11.3 Å². The maximum Gasteiger partial charge on any atom is 0.269 e. The minimum atomic E-state index is -3.38. The number of sulfone groups is 1. The van der Waals surface area contributed by atoms with Gasteiger partial charge in [-0.05, 0) is 56.5 Å². The molecule has 34 heavy (non-hydrogen) atoms. The first-order valence-electron chi connectivity index (χ1n) is 11.0. The molecule has 0 fully saturated rings. The van der Waals surface area contributed by atoms with Crippen molar-refractivity contribution >= 4 is 37.9 Å². The number of thiazole rings is 1. The number of aromatic nitrogens is 2. The molecule has 1 amide bonds. The number of anilines is 2. The molecule has 0 spiro atoms. The van der Waals surface area contributed by atoms with Crippen LogP contribution in [0.4, 0.5) is 10.8 Å². The van der Waals surface area contributed by atoms with Crippen LogP contribution in [-0.4, -0.2) is 43.2 Å². The molecule has 0 radical (unpaired) electrons. The van der Waals surface area contributed by atoms with E-state index in [1.54, 1.807) is 30.5 Å². The van der Waals surface area contributed by atoms with Gasteiger partial charge >= 0.3 is 0 Å². The fraction of sp³-hybridized carbons (Fsp3) is 0.375. The van der Waals surface area contributed by atoms with Crippen molar-refractivity contribution in [3.8, 4) is 17.0 Å². The molecule has 3 aromatic rings. The fourth-order valence-electron chi connectivity index (χ4n) is 3.02. The summed E-state index contributed by atoms with van der Waals surface area (Å²) in [7, 11) is -3.38. The Bertz CT molecular complexity index is 1240. The monoisotopic (exact) mass is 502 g/mol. The highest BCUT2D eigenvalue weighted by Crippen LogP contribution is 2.33. The minimum absolute atomic E-state index is 0.0800. The van der Waals surface area contributed by atoms with Crippen molar-refractivity contribution in [3.05, 3.63) is 47.6 Å². The molecule has 1 aromatic carbocycles. The quantitative estimate of drug-likeness (QED) is 0.405. The summed E-state index contributed by atoms with van der Waals surface area (Å²) in [5, 5.41) is 8.49. The number of amides is 1. The Hall–Kier alpha value is -2.98. The number of nitrogens with one attached hydrogen (secondary N) is 2. The zero-order valence-corrected chi connectivity index (χ0v) is 21.6. The Morgan fingerprint density at radius 1 is 1.15 bits per heavy atom. The third-order valence-corrected chi connectivity index (χ3v) is 6.65. The average molecular weight is 503 g/mol. The number of carbonyl (C=O) groups is 1. The van der Waals surface area contributed by atoms with Gasteiger partial charge < -0.3 is 15.4 Å². The summed E-state index contributed by atoms with van der Waals surface area (Å²) in [6.45, 7) is 8.63. The summed E-state index contributed by atoms with van der Waals surface area (Å²) >= 11 is 1.37. The van der Waals surface area contributed by atoms with Gasteiger partial charge in [0.2, 0.25) is 0 Å². The van der Waals surface area contributed by atoms with E-state index in [0.29, 0.717) is 40.4 Å². The molecule has 182 valence electrons. The smallest absolute Gasteiger partial charge is 0.269 e. The zero-order chi connectivity index (χ0) is 24.9.